The van der Waals surface area contributed by atoms with Gasteiger partial charge in [-0.2, -0.15) is 0 Å². The molecule has 0 saturated carbocycles. The second-order valence-corrected chi connectivity index (χ2v) is 6.37. The lowest BCUT2D eigenvalue weighted by Crippen LogP contribution is -2.30. The van der Waals surface area contributed by atoms with Crippen molar-refractivity contribution in [3.63, 3.8) is 0 Å². The van der Waals surface area contributed by atoms with Crippen LogP contribution in [0.25, 0.3) is 0 Å². The van der Waals surface area contributed by atoms with Crippen molar-refractivity contribution in [1.82, 2.24) is 5.43 Å². The van der Waals surface area contributed by atoms with Gasteiger partial charge in [0.05, 0.1) is 6.04 Å². The lowest BCUT2D eigenvalue weighted by atomic mass is 9.90. The first-order valence-electron chi connectivity index (χ1n) is 5.82. The molecule has 0 heterocycles. The molecule has 0 amide bonds. The molecule has 92 valence electrons. The molecule has 1 aromatic carbocycles. The van der Waals surface area contributed by atoms with E-state index in [0.29, 0.717) is 0 Å². The van der Waals surface area contributed by atoms with Crippen molar-refractivity contribution in [3.8, 4) is 0 Å². The van der Waals surface area contributed by atoms with E-state index in [-0.39, 0.29) is 6.04 Å². The number of halogens is 2. The van der Waals surface area contributed by atoms with Crippen molar-refractivity contribution < 1.29 is 0 Å². The SMILES string of the molecule is NNC(C1=CCCCC1)c1cc(Br)ccc1I. The van der Waals surface area contributed by atoms with E-state index in [1.165, 1.54) is 34.0 Å². The monoisotopic (exact) mass is 406 g/mol. The Hall–Kier alpha value is 0.0900. The number of benzene rings is 1. The number of nitrogens with two attached hydrogens (primary N) is 1. The standard InChI is InChI=1S/C13H16BrIN2/c14-10-6-7-12(15)11(8-10)13(17-16)9-4-2-1-3-5-9/h4,6-8,13,17H,1-3,5,16H2. The Labute approximate surface area is 124 Å². The molecule has 3 N–H and O–H groups in total. The van der Waals surface area contributed by atoms with Gasteiger partial charge in [-0.25, -0.2) is 5.43 Å². The lowest BCUT2D eigenvalue weighted by molar-refractivity contribution is 0.564. The van der Waals surface area contributed by atoms with Gasteiger partial charge in [-0.3, -0.25) is 5.84 Å². The Morgan fingerprint density at radius 3 is 2.82 bits per heavy atom. The number of hydrogen-bond donors (Lipinski definition) is 2. The molecule has 2 rings (SSSR count). The summed E-state index contributed by atoms with van der Waals surface area (Å²) in [6.07, 6.45) is 7.24. The Morgan fingerprint density at radius 2 is 2.18 bits per heavy atom. The van der Waals surface area contributed by atoms with Crippen molar-refractivity contribution in [3.05, 3.63) is 43.5 Å². The van der Waals surface area contributed by atoms with Crippen LogP contribution in [-0.4, -0.2) is 0 Å². The Bertz CT molecular complexity index is 431. The first kappa shape index (κ1) is 13.5. The van der Waals surface area contributed by atoms with Gasteiger partial charge < -0.3 is 0 Å². The molecule has 1 aliphatic carbocycles. The molecule has 1 unspecified atom stereocenters. The summed E-state index contributed by atoms with van der Waals surface area (Å²) >= 11 is 5.89. The van der Waals surface area contributed by atoms with Crippen LogP contribution in [-0.2, 0) is 0 Å². The molecule has 2 nitrogen and oxygen atoms in total. The molecule has 0 saturated heterocycles. The van der Waals surface area contributed by atoms with E-state index in [9.17, 15) is 0 Å². The maximum Gasteiger partial charge on any atom is 0.0680 e. The zero-order valence-corrected chi connectivity index (χ0v) is 13.3. The van der Waals surface area contributed by atoms with Gasteiger partial charge in [0.1, 0.15) is 0 Å². The van der Waals surface area contributed by atoms with E-state index >= 15 is 0 Å². The molecule has 0 bridgehead atoms. The number of rotatable bonds is 3. The highest BCUT2D eigenvalue weighted by molar-refractivity contribution is 14.1. The fourth-order valence-corrected chi connectivity index (χ4v) is 3.28. The van der Waals surface area contributed by atoms with Crippen molar-refractivity contribution in [2.75, 3.05) is 0 Å². The number of allylic oxidation sites excluding steroid dienone is 1. The van der Waals surface area contributed by atoms with Gasteiger partial charge >= 0.3 is 0 Å². The predicted octanol–water partition coefficient (Wildman–Crippen LogP) is 4.06. The van der Waals surface area contributed by atoms with Gasteiger partial charge in [-0.1, -0.05) is 27.6 Å². The smallest absolute Gasteiger partial charge is 0.0680 e. The minimum absolute atomic E-state index is 0.152. The molecular formula is C13H16BrIN2. The molecule has 0 fully saturated rings. The minimum atomic E-state index is 0.152. The first-order valence-corrected chi connectivity index (χ1v) is 7.69. The summed E-state index contributed by atoms with van der Waals surface area (Å²) in [6, 6.07) is 6.49. The number of hydrazine groups is 1. The predicted molar refractivity (Wildman–Crippen MR) is 83.5 cm³/mol. The Balaban J connectivity index is 2.34. The topological polar surface area (TPSA) is 38.0 Å². The molecule has 0 aromatic heterocycles. The summed E-state index contributed by atoms with van der Waals surface area (Å²) in [5, 5.41) is 0. The van der Waals surface area contributed by atoms with Crippen LogP contribution in [0, 0.1) is 3.57 Å². The highest BCUT2D eigenvalue weighted by atomic mass is 127. The van der Waals surface area contributed by atoms with Crippen LogP contribution < -0.4 is 11.3 Å². The van der Waals surface area contributed by atoms with E-state index in [0.717, 1.165) is 10.9 Å². The van der Waals surface area contributed by atoms with Crippen LogP contribution in [0.3, 0.4) is 0 Å². The molecule has 1 aromatic rings. The summed E-state index contributed by atoms with van der Waals surface area (Å²) < 4.78 is 2.35. The first-order chi connectivity index (χ1) is 8.22. The van der Waals surface area contributed by atoms with E-state index in [4.69, 9.17) is 5.84 Å². The van der Waals surface area contributed by atoms with Crippen molar-refractivity contribution in [1.29, 1.82) is 0 Å². The van der Waals surface area contributed by atoms with Crippen LogP contribution >= 0.6 is 38.5 Å². The molecule has 0 aliphatic heterocycles. The molecule has 17 heavy (non-hydrogen) atoms. The highest BCUT2D eigenvalue weighted by Crippen LogP contribution is 2.32. The van der Waals surface area contributed by atoms with Crippen molar-refractivity contribution in [2.45, 2.75) is 31.7 Å². The number of hydrogen-bond acceptors (Lipinski definition) is 2. The molecule has 0 radical (unpaired) electrons. The lowest BCUT2D eigenvalue weighted by Gasteiger charge is -2.24. The van der Waals surface area contributed by atoms with Crippen LogP contribution in [0.2, 0.25) is 0 Å². The number of nitrogens with one attached hydrogen (secondary N) is 1. The third-order valence-corrected chi connectivity index (χ3v) is 4.61. The molecule has 4 heteroatoms. The molecule has 0 spiro atoms. The second-order valence-electron chi connectivity index (χ2n) is 4.29. The zero-order valence-electron chi connectivity index (χ0n) is 9.55. The van der Waals surface area contributed by atoms with Gasteiger partial charge in [0.25, 0.3) is 0 Å². The largest absolute Gasteiger partial charge is 0.271 e. The summed E-state index contributed by atoms with van der Waals surface area (Å²) in [5.41, 5.74) is 5.65. The summed E-state index contributed by atoms with van der Waals surface area (Å²) in [4.78, 5) is 0. The molecule has 1 atom stereocenters. The van der Waals surface area contributed by atoms with Crippen molar-refractivity contribution in [2.24, 2.45) is 5.84 Å². The van der Waals surface area contributed by atoms with Gasteiger partial charge in [0, 0.05) is 8.04 Å². The average Bonchev–Trinajstić information content (AvgIpc) is 2.36. The van der Waals surface area contributed by atoms with Crippen LogP contribution in [0.4, 0.5) is 0 Å². The van der Waals surface area contributed by atoms with Gasteiger partial charge in [0.15, 0.2) is 0 Å². The molecule has 1 aliphatic rings. The fraction of sp³-hybridized carbons (Fsp3) is 0.385. The third-order valence-electron chi connectivity index (χ3n) is 3.13. The van der Waals surface area contributed by atoms with Crippen LogP contribution in [0.5, 0.6) is 0 Å². The van der Waals surface area contributed by atoms with E-state index < -0.39 is 0 Å². The zero-order chi connectivity index (χ0) is 12.3. The van der Waals surface area contributed by atoms with Crippen LogP contribution in [0.1, 0.15) is 37.3 Å². The van der Waals surface area contributed by atoms with E-state index in [1.54, 1.807) is 0 Å². The third kappa shape index (κ3) is 3.30. The van der Waals surface area contributed by atoms with Gasteiger partial charge in [-0.15, -0.1) is 0 Å². The van der Waals surface area contributed by atoms with Gasteiger partial charge in [0.2, 0.25) is 0 Å². The van der Waals surface area contributed by atoms with E-state index in [2.05, 4.69) is 68.2 Å². The molecular weight excluding hydrogens is 391 g/mol. The highest BCUT2D eigenvalue weighted by Gasteiger charge is 2.19. The van der Waals surface area contributed by atoms with Gasteiger partial charge in [-0.05, 0) is 72.0 Å². The fourth-order valence-electron chi connectivity index (χ4n) is 2.26. The normalized spacial score (nSPS) is 17.7. The summed E-state index contributed by atoms with van der Waals surface area (Å²) in [5.74, 6) is 5.75. The van der Waals surface area contributed by atoms with E-state index in [1.807, 2.05) is 0 Å². The summed E-state index contributed by atoms with van der Waals surface area (Å²) in [7, 11) is 0. The van der Waals surface area contributed by atoms with Crippen LogP contribution in [0.15, 0.2) is 34.3 Å². The average molecular weight is 407 g/mol. The Morgan fingerprint density at radius 1 is 1.35 bits per heavy atom. The minimum Gasteiger partial charge on any atom is -0.271 e. The quantitative estimate of drug-likeness (QED) is 0.344. The maximum absolute atomic E-state index is 5.75. The summed E-state index contributed by atoms with van der Waals surface area (Å²) in [6.45, 7) is 0. The second kappa shape index (κ2) is 6.31. The van der Waals surface area contributed by atoms with Crippen molar-refractivity contribution >= 4 is 38.5 Å². The Kier molecular flexibility index (Phi) is 5.02. The maximum atomic E-state index is 5.75.